The SMILES string of the molecule is CCOc1ncc(C(=O)NC2(c3noc(C(C)C)n3)CCCC2)cc1Cl. The van der Waals surface area contributed by atoms with Crippen molar-refractivity contribution in [3.8, 4) is 5.88 Å². The Morgan fingerprint density at radius 3 is 2.73 bits per heavy atom. The number of hydrogen-bond acceptors (Lipinski definition) is 6. The van der Waals surface area contributed by atoms with Crippen LogP contribution in [0.2, 0.25) is 5.02 Å². The number of ether oxygens (including phenoxy) is 1. The van der Waals surface area contributed by atoms with Gasteiger partial charge in [0, 0.05) is 12.1 Å². The van der Waals surface area contributed by atoms with Crippen molar-refractivity contribution in [1.29, 1.82) is 0 Å². The van der Waals surface area contributed by atoms with E-state index in [2.05, 4.69) is 20.4 Å². The number of amides is 1. The number of rotatable bonds is 6. The molecule has 0 unspecified atom stereocenters. The van der Waals surface area contributed by atoms with Gasteiger partial charge in [0.05, 0.1) is 12.2 Å². The van der Waals surface area contributed by atoms with Gasteiger partial charge in [-0.1, -0.05) is 43.4 Å². The first kappa shape index (κ1) is 18.6. The standard InChI is InChI=1S/C18H23ClN4O3/c1-4-25-16-13(19)9-12(10-20-16)14(24)22-18(7-5-6-8-18)17-21-15(11(2)3)26-23-17/h9-11H,4-8H2,1-3H3,(H,22,24). The van der Waals surface area contributed by atoms with Gasteiger partial charge in [-0.25, -0.2) is 4.98 Å². The van der Waals surface area contributed by atoms with E-state index in [9.17, 15) is 4.79 Å². The van der Waals surface area contributed by atoms with Gasteiger partial charge in [-0.05, 0) is 25.8 Å². The molecule has 0 atom stereocenters. The third kappa shape index (κ3) is 3.67. The average molecular weight is 379 g/mol. The van der Waals surface area contributed by atoms with Crippen LogP contribution in [0.1, 0.15) is 74.4 Å². The van der Waals surface area contributed by atoms with E-state index in [0.29, 0.717) is 34.8 Å². The molecule has 1 aliphatic carbocycles. The number of nitrogens with zero attached hydrogens (tertiary/aromatic N) is 3. The van der Waals surface area contributed by atoms with Crippen LogP contribution in [0, 0.1) is 0 Å². The Morgan fingerprint density at radius 2 is 2.15 bits per heavy atom. The van der Waals surface area contributed by atoms with Crippen LogP contribution in [0.5, 0.6) is 5.88 Å². The minimum Gasteiger partial charge on any atom is -0.477 e. The molecular weight excluding hydrogens is 356 g/mol. The fourth-order valence-electron chi connectivity index (χ4n) is 3.13. The predicted molar refractivity (Wildman–Crippen MR) is 96.4 cm³/mol. The summed E-state index contributed by atoms with van der Waals surface area (Å²) < 4.78 is 10.7. The van der Waals surface area contributed by atoms with E-state index in [-0.39, 0.29) is 11.8 Å². The molecule has 0 aliphatic heterocycles. The summed E-state index contributed by atoms with van der Waals surface area (Å²) in [5.74, 6) is 1.31. The summed E-state index contributed by atoms with van der Waals surface area (Å²) in [5, 5.41) is 7.53. The first-order valence-electron chi connectivity index (χ1n) is 8.90. The second-order valence-electron chi connectivity index (χ2n) is 6.80. The third-order valence-electron chi connectivity index (χ3n) is 4.52. The molecule has 1 N–H and O–H groups in total. The fraction of sp³-hybridized carbons (Fsp3) is 0.556. The van der Waals surface area contributed by atoms with E-state index in [4.69, 9.17) is 20.9 Å². The van der Waals surface area contributed by atoms with Crippen LogP contribution in [0.15, 0.2) is 16.8 Å². The first-order valence-corrected chi connectivity index (χ1v) is 9.28. The molecule has 0 saturated heterocycles. The lowest BCUT2D eigenvalue weighted by molar-refractivity contribution is 0.0891. The summed E-state index contributed by atoms with van der Waals surface area (Å²) in [6, 6.07) is 1.56. The Hall–Kier alpha value is -2.15. The van der Waals surface area contributed by atoms with E-state index < -0.39 is 5.54 Å². The van der Waals surface area contributed by atoms with Gasteiger partial charge in [0.1, 0.15) is 10.6 Å². The van der Waals surface area contributed by atoms with Crippen LogP contribution >= 0.6 is 11.6 Å². The number of hydrogen-bond donors (Lipinski definition) is 1. The Labute approximate surface area is 157 Å². The molecule has 7 nitrogen and oxygen atoms in total. The Bertz CT molecular complexity index is 784. The van der Waals surface area contributed by atoms with Gasteiger partial charge in [0.15, 0.2) is 5.82 Å². The van der Waals surface area contributed by atoms with E-state index in [1.165, 1.54) is 6.20 Å². The zero-order valence-electron chi connectivity index (χ0n) is 15.2. The molecule has 1 fully saturated rings. The lowest BCUT2D eigenvalue weighted by Crippen LogP contribution is -2.44. The molecule has 8 heteroatoms. The summed E-state index contributed by atoms with van der Waals surface area (Å²) >= 11 is 6.15. The quantitative estimate of drug-likeness (QED) is 0.821. The number of halogens is 1. The maximum atomic E-state index is 12.8. The Balaban J connectivity index is 1.83. The predicted octanol–water partition coefficient (Wildman–Crippen LogP) is 3.84. The van der Waals surface area contributed by atoms with Crippen molar-refractivity contribution < 1.29 is 14.1 Å². The van der Waals surface area contributed by atoms with Gasteiger partial charge in [-0.2, -0.15) is 4.98 Å². The van der Waals surface area contributed by atoms with E-state index in [0.717, 1.165) is 25.7 Å². The summed E-state index contributed by atoms with van der Waals surface area (Å²) in [6.45, 7) is 6.28. The maximum Gasteiger partial charge on any atom is 0.253 e. The lowest BCUT2D eigenvalue weighted by Gasteiger charge is -2.26. The Kier molecular flexibility index (Phi) is 5.46. The van der Waals surface area contributed by atoms with Crippen molar-refractivity contribution in [1.82, 2.24) is 20.4 Å². The van der Waals surface area contributed by atoms with Crippen molar-refractivity contribution in [2.75, 3.05) is 6.61 Å². The number of pyridine rings is 1. The number of aromatic nitrogens is 3. The smallest absolute Gasteiger partial charge is 0.253 e. The molecular formula is C18H23ClN4O3. The summed E-state index contributed by atoms with van der Waals surface area (Å²) in [4.78, 5) is 21.4. The molecule has 3 rings (SSSR count). The van der Waals surface area contributed by atoms with Crippen LogP contribution < -0.4 is 10.1 Å². The van der Waals surface area contributed by atoms with Crippen molar-refractivity contribution in [3.05, 3.63) is 34.6 Å². The lowest BCUT2D eigenvalue weighted by atomic mass is 9.96. The molecule has 26 heavy (non-hydrogen) atoms. The van der Waals surface area contributed by atoms with Gasteiger partial charge < -0.3 is 14.6 Å². The normalized spacial score (nSPS) is 16.0. The molecule has 0 radical (unpaired) electrons. The van der Waals surface area contributed by atoms with Crippen molar-refractivity contribution in [3.63, 3.8) is 0 Å². The average Bonchev–Trinajstić information content (AvgIpc) is 3.26. The minimum atomic E-state index is -0.612. The highest BCUT2D eigenvalue weighted by Crippen LogP contribution is 2.38. The largest absolute Gasteiger partial charge is 0.477 e. The highest BCUT2D eigenvalue weighted by atomic mass is 35.5. The minimum absolute atomic E-state index is 0.138. The van der Waals surface area contributed by atoms with Gasteiger partial charge in [0.25, 0.3) is 5.91 Å². The Morgan fingerprint density at radius 1 is 1.42 bits per heavy atom. The maximum absolute atomic E-state index is 12.8. The molecule has 2 aromatic rings. The molecule has 1 saturated carbocycles. The van der Waals surface area contributed by atoms with Crippen molar-refractivity contribution in [2.45, 2.75) is 57.9 Å². The van der Waals surface area contributed by atoms with Crippen molar-refractivity contribution >= 4 is 17.5 Å². The van der Waals surface area contributed by atoms with Gasteiger partial charge in [-0.15, -0.1) is 0 Å². The van der Waals surface area contributed by atoms with E-state index >= 15 is 0 Å². The van der Waals surface area contributed by atoms with Crippen LogP contribution in [0.4, 0.5) is 0 Å². The molecule has 2 heterocycles. The zero-order chi connectivity index (χ0) is 18.7. The number of carbonyl (C=O) groups is 1. The zero-order valence-corrected chi connectivity index (χ0v) is 16.0. The molecule has 0 aromatic carbocycles. The molecule has 140 valence electrons. The number of nitrogens with one attached hydrogen (secondary N) is 1. The van der Waals surface area contributed by atoms with Crippen LogP contribution in [-0.4, -0.2) is 27.6 Å². The topological polar surface area (TPSA) is 90.1 Å². The third-order valence-corrected chi connectivity index (χ3v) is 4.80. The molecule has 1 amide bonds. The molecule has 1 aliphatic rings. The van der Waals surface area contributed by atoms with Crippen LogP contribution in [0.25, 0.3) is 0 Å². The van der Waals surface area contributed by atoms with Crippen molar-refractivity contribution in [2.24, 2.45) is 0 Å². The monoisotopic (exact) mass is 378 g/mol. The second kappa shape index (κ2) is 7.61. The summed E-state index contributed by atoms with van der Waals surface area (Å²) in [6.07, 6.45) is 4.99. The first-order chi connectivity index (χ1) is 12.4. The fourth-order valence-corrected chi connectivity index (χ4v) is 3.35. The van der Waals surface area contributed by atoms with Crippen LogP contribution in [0.3, 0.4) is 0 Å². The van der Waals surface area contributed by atoms with Gasteiger partial charge >= 0.3 is 0 Å². The second-order valence-corrected chi connectivity index (χ2v) is 7.21. The summed E-state index contributed by atoms with van der Waals surface area (Å²) in [7, 11) is 0. The van der Waals surface area contributed by atoms with Crippen LogP contribution in [-0.2, 0) is 5.54 Å². The van der Waals surface area contributed by atoms with Gasteiger partial charge in [0.2, 0.25) is 11.8 Å². The molecule has 0 spiro atoms. The molecule has 2 aromatic heterocycles. The summed E-state index contributed by atoms with van der Waals surface area (Å²) in [5.41, 5.74) is -0.240. The van der Waals surface area contributed by atoms with Gasteiger partial charge in [-0.3, -0.25) is 4.79 Å². The highest BCUT2D eigenvalue weighted by Gasteiger charge is 2.41. The highest BCUT2D eigenvalue weighted by molar-refractivity contribution is 6.32. The number of carbonyl (C=O) groups excluding carboxylic acids is 1. The molecule has 0 bridgehead atoms. The van der Waals surface area contributed by atoms with E-state index in [1.807, 2.05) is 20.8 Å². The van der Waals surface area contributed by atoms with E-state index in [1.54, 1.807) is 6.07 Å².